The van der Waals surface area contributed by atoms with E-state index < -0.39 is 40.3 Å². The van der Waals surface area contributed by atoms with Gasteiger partial charge in [-0.05, 0) is 69.0 Å². The molecule has 0 radical (unpaired) electrons. The molecule has 0 bridgehead atoms. The summed E-state index contributed by atoms with van der Waals surface area (Å²) in [5, 5.41) is 4.46. The lowest BCUT2D eigenvalue weighted by Gasteiger charge is -2.38. The minimum Gasteiger partial charge on any atom is -0.493 e. The molecule has 4 aromatic rings. The number of piperazine rings is 2. The van der Waals surface area contributed by atoms with E-state index in [2.05, 4.69) is 48.1 Å². The molecule has 13 nitrogen and oxygen atoms in total. The fourth-order valence-electron chi connectivity index (χ4n) is 8.92. The fraction of sp³-hybridized carbons (Fsp3) is 0.458. The van der Waals surface area contributed by atoms with E-state index in [1.807, 2.05) is 17.5 Å². The maximum atomic E-state index is 13.3. The largest absolute Gasteiger partial charge is 0.493 e. The fourth-order valence-corrected chi connectivity index (χ4v) is 15.5. The lowest BCUT2D eigenvalue weighted by Crippen LogP contribution is -2.54. The van der Waals surface area contributed by atoms with Crippen LogP contribution in [-0.2, 0) is 32.9 Å². The Hall–Kier alpha value is -3.94. The van der Waals surface area contributed by atoms with Gasteiger partial charge >= 0.3 is 0 Å². The highest BCUT2D eigenvalue weighted by molar-refractivity contribution is 7.90. The van der Waals surface area contributed by atoms with Gasteiger partial charge in [0.1, 0.15) is 10.5 Å². The molecule has 0 spiro atoms. The van der Waals surface area contributed by atoms with E-state index in [1.165, 1.54) is 22.3 Å². The van der Waals surface area contributed by atoms with Crippen molar-refractivity contribution in [2.24, 2.45) is 0 Å². The molecule has 8 rings (SSSR count). The quantitative estimate of drug-likeness (QED) is 0.120. The zero-order chi connectivity index (χ0) is 48.3. The average molecular weight is 1030 g/mol. The van der Waals surface area contributed by atoms with Gasteiger partial charge in [0.15, 0.2) is 21.8 Å². The van der Waals surface area contributed by atoms with E-state index in [9.17, 15) is 16.8 Å². The average Bonchev–Trinajstić information content (AvgIpc) is 3.97. The van der Waals surface area contributed by atoms with E-state index in [0.29, 0.717) is 76.0 Å². The highest BCUT2D eigenvalue weighted by Gasteiger charge is 2.44. The number of aryl methyl sites for hydroxylation is 3. The standard InChI is InChI=1S/C24H30ClN3O5S2.C24H30ClN3O2S2/c1-24(25)8-6-5-7-21(24)35(29,30)28-11-9-27(10-12-28)23-26-18(16-34-23)13-17-14-19(31-2)22(33-4)20(15-17)32-3;1-17-13-18(2)21(19(3)14-17)15-20-16-31-23(26-20)27-9-11-28(12-10-27)32(29,30)22-7-5-6-8-24(22,4)25/h5-8,14-16,21H,9-13H2,1-4H3;5-8,13-14,16,22H,9-12,15H2,1-4H3. The SMILES string of the molecule is COc1cc(Cc2csc(N3CCN(S(=O)(=O)C4C=CC=CC4(C)Cl)CC3)n2)cc(OC)c1OC.Cc1cc(C)c(Cc2csc(N3CCN(S(=O)(=O)C4C=CC=CC4(C)Cl)CC3)n2)c(C)c1. The number of anilines is 2. The van der Waals surface area contributed by atoms with Crippen molar-refractivity contribution in [2.75, 3.05) is 83.5 Å². The van der Waals surface area contributed by atoms with Gasteiger partial charge < -0.3 is 24.0 Å². The summed E-state index contributed by atoms with van der Waals surface area (Å²) in [5.41, 5.74) is 8.19. The van der Waals surface area contributed by atoms with Gasteiger partial charge in [0, 0.05) is 76.0 Å². The number of nitrogens with zero attached hydrogens (tertiary/aromatic N) is 6. The molecule has 362 valence electrons. The lowest BCUT2D eigenvalue weighted by molar-refractivity contribution is 0.324. The summed E-state index contributed by atoms with van der Waals surface area (Å²) in [6.07, 6.45) is 15.4. The molecule has 4 aliphatic rings. The zero-order valence-corrected chi connectivity index (χ0v) is 44.0. The third kappa shape index (κ3) is 11.4. The first kappa shape index (κ1) is 50.9. The highest BCUT2D eigenvalue weighted by atomic mass is 35.5. The number of methoxy groups -OCH3 is 3. The molecule has 19 heteroatoms. The monoisotopic (exact) mass is 1030 g/mol. The van der Waals surface area contributed by atoms with Crippen LogP contribution in [0.2, 0.25) is 0 Å². The van der Waals surface area contributed by atoms with Gasteiger partial charge in [-0.1, -0.05) is 66.3 Å². The highest BCUT2D eigenvalue weighted by Crippen LogP contribution is 2.40. The second kappa shape index (κ2) is 21.0. The molecule has 2 saturated heterocycles. The number of ether oxygens (including phenoxy) is 3. The van der Waals surface area contributed by atoms with Gasteiger partial charge in [-0.2, -0.15) is 8.61 Å². The number of alkyl halides is 2. The van der Waals surface area contributed by atoms with E-state index in [-0.39, 0.29) is 0 Å². The van der Waals surface area contributed by atoms with Crippen LogP contribution in [0.5, 0.6) is 17.2 Å². The van der Waals surface area contributed by atoms with Crippen molar-refractivity contribution in [1.82, 2.24) is 18.6 Å². The molecular weight excluding hydrogens is 972 g/mol. The first-order chi connectivity index (χ1) is 31.8. The first-order valence-corrected chi connectivity index (χ1v) is 27.6. The van der Waals surface area contributed by atoms with Gasteiger partial charge in [-0.15, -0.1) is 45.9 Å². The third-order valence-corrected chi connectivity index (χ3v) is 20.1. The Bertz CT molecular complexity index is 2700. The molecule has 0 saturated carbocycles. The van der Waals surface area contributed by atoms with E-state index >= 15 is 0 Å². The van der Waals surface area contributed by atoms with Crippen LogP contribution in [0.25, 0.3) is 0 Å². The maximum absolute atomic E-state index is 13.3. The summed E-state index contributed by atoms with van der Waals surface area (Å²) in [6.45, 7) is 14.0. The number of hydrogen-bond donors (Lipinski definition) is 0. The van der Waals surface area contributed by atoms with Crippen molar-refractivity contribution in [3.63, 3.8) is 0 Å². The minimum absolute atomic E-state index is 0.394. The number of benzene rings is 2. The summed E-state index contributed by atoms with van der Waals surface area (Å²) in [5.74, 6) is 1.76. The number of halogens is 2. The second-order valence-corrected chi connectivity index (χ2v) is 24.9. The smallest absolute Gasteiger partial charge is 0.222 e. The van der Waals surface area contributed by atoms with Crippen LogP contribution in [0.4, 0.5) is 10.3 Å². The van der Waals surface area contributed by atoms with Crippen molar-refractivity contribution in [3.05, 3.63) is 123 Å². The van der Waals surface area contributed by atoms with Crippen LogP contribution >= 0.6 is 45.9 Å². The Labute approximate surface area is 414 Å². The normalized spacial score (nSPS) is 23.6. The molecule has 67 heavy (non-hydrogen) atoms. The van der Waals surface area contributed by atoms with E-state index in [4.69, 9.17) is 47.4 Å². The van der Waals surface area contributed by atoms with Crippen LogP contribution in [0.1, 0.15) is 53.1 Å². The number of allylic oxidation sites excluding steroid dienone is 6. The van der Waals surface area contributed by atoms with Crippen LogP contribution in [0.15, 0.2) is 83.6 Å². The van der Waals surface area contributed by atoms with Crippen molar-refractivity contribution in [1.29, 1.82) is 0 Å². The number of thiazole rings is 2. The minimum atomic E-state index is -3.57. The topological polar surface area (TPSA) is 135 Å². The Kier molecular flexibility index (Phi) is 15.9. The summed E-state index contributed by atoms with van der Waals surface area (Å²) in [6, 6.07) is 8.28. The number of hydrogen-bond acceptors (Lipinski definition) is 13. The Morgan fingerprint density at radius 1 is 0.627 bits per heavy atom. The Balaban J connectivity index is 0.000000200. The molecule has 2 aromatic heterocycles. The molecule has 2 aliphatic heterocycles. The number of aromatic nitrogens is 2. The molecule has 2 aliphatic carbocycles. The van der Waals surface area contributed by atoms with Crippen LogP contribution in [-0.4, -0.2) is 129 Å². The van der Waals surface area contributed by atoms with Gasteiger partial charge in [0.2, 0.25) is 25.8 Å². The first-order valence-electron chi connectivity index (χ1n) is 22.1. The summed E-state index contributed by atoms with van der Waals surface area (Å²) in [4.78, 5) is 12.1. The van der Waals surface area contributed by atoms with E-state index in [0.717, 1.165) is 33.6 Å². The molecule has 2 fully saturated rings. The van der Waals surface area contributed by atoms with Crippen LogP contribution in [0, 0.1) is 20.8 Å². The molecule has 4 atom stereocenters. The van der Waals surface area contributed by atoms with Gasteiger partial charge in [-0.3, -0.25) is 0 Å². The predicted octanol–water partition coefficient (Wildman–Crippen LogP) is 8.31. The van der Waals surface area contributed by atoms with Gasteiger partial charge in [0.25, 0.3) is 0 Å². The van der Waals surface area contributed by atoms with Crippen molar-refractivity contribution in [2.45, 2.75) is 67.7 Å². The molecule has 0 amide bonds. The van der Waals surface area contributed by atoms with Gasteiger partial charge in [-0.25, -0.2) is 26.8 Å². The summed E-state index contributed by atoms with van der Waals surface area (Å²) < 4.78 is 72.4. The molecule has 2 aromatic carbocycles. The lowest BCUT2D eigenvalue weighted by atomic mass is 9.96. The van der Waals surface area contributed by atoms with Gasteiger partial charge in [0.05, 0.1) is 42.5 Å². The zero-order valence-electron chi connectivity index (χ0n) is 39.2. The third-order valence-electron chi connectivity index (χ3n) is 12.5. The molecule has 0 N–H and O–H groups in total. The molecular formula is C48H60Cl2N6O7S4. The van der Waals surface area contributed by atoms with E-state index in [1.54, 1.807) is 115 Å². The summed E-state index contributed by atoms with van der Waals surface area (Å²) >= 11 is 16.2. The van der Waals surface area contributed by atoms with Crippen molar-refractivity contribution in [3.8, 4) is 17.2 Å². The van der Waals surface area contributed by atoms with Crippen molar-refractivity contribution >= 4 is 76.2 Å². The Morgan fingerprint density at radius 2 is 1.04 bits per heavy atom. The molecule has 4 heterocycles. The Morgan fingerprint density at radius 3 is 1.43 bits per heavy atom. The molecule has 4 unspecified atom stereocenters. The van der Waals surface area contributed by atoms with Crippen LogP contribution in [0.3, 0.4) is 0 Å². The second-order valence-electron chi connectivity index (χ2n) is 17.5. The number of rotatable bonds is 13. The maximum Gasteiger partial charge on any atom is 0.222 e. The van der Waals surface area contributed by atoms with Crippen molar-refractivity contribution < 1.29 is 31.0 Å². The predicted molar refractivity (Wildman–Crippen MR) is 275 cm³/mol. The summed E-state index contributed by atoms with van der Waals surface area (Å²) in [7, 11) is -2.33. The van der Waals surface area contributed by atoms with Crippen LogP contribution < -0.4 is 24.0 Å². The number of sulfonamides is 2.